The Balaban J connectivity index is 1.42. The van der Waals surface area contributed by atoms with Crippen molar-refractivity contribution in [2.45, 2.75) is 13.5 Å². The Morgan fingerprint density at radius 1 is 0.964 bits per heavy atom. The maximum atomic E-state index is 5.84. The average Bonchev–Trinajstić information content (AvgIpc) is 3.04. The topological polar surface area (TPSA) is 38.9 Å². The van der Waals surface area contributed by atoms with Gasteiger partial charge in [0.1, 0.15) is 12.4 Å². The van der Waals surface area contributed by atoms with Crippen molar-refractivity contribution < 1.29 is 4.74 Å². The monoisotopic (exact) mass is 387 g/mol. The van der Waals surface area contributed by atoms with E-state index in [1.807, 2.05) is 43.4 Å². The van der Waals surface area contributed by atoms with Crippen molar-refractivity contribution in [3.8, 4) is 5.75 Å². The highest BCUT2D eigenvalue weighted by Crippen LogP contribution is 2.16. The molecule has 4 rings (SSSR count). The summed E-state index contributed by atoms with van der Waals surface area (Å²) in [4.78, 5) is 0.871. The van der Waals surface area contributed by atoms with Gasteiger partial charge in [0.25, 0.3) is 0 Å². The first kappa shape index (κ1) is 18.2. The fourth-order valence-electron chi connectivity index (χ4n) is 2.82. The van der Waals surface area contributed by atoms with Crippen molar-refractivity contribution in [1.29, 1.82) is 0 Å². The van der Waals surface area contributed by atoms with Crippen LogP contribution in [0.4, 0.5) is 0 Å². The Kier molecular flexibility index (Phi) is 5.35. The minimum atomic E-state index is 0.561. The highest BCUT2D eigenvalue weighted by Gasteiger charge is 2.00. The highest BCUT2D eigenvalue weighted by atomic mass is 32.1. The van der Waals surface area contributed by atoms with Gasteiger partial charge in [-0.3, -0.25) is 0 Å². The van der Waals surface area contributed by atoms with E-state index in [0.29, 0.717) is 6.61 Å². The summed E-state index contributed by atoms with van der Waals surface area (Å²) >= 11 is 1.63. The molecule has 0 N–H and O–H groups in total. The van der Waals surface area contributed by atoms with Crippen molar-refractivity contribution in [2.75, 3.05) is 0 Å². The van der Waals surface area contributed by atoms with E-state index in [-0.39, 0.29) is 0 Å². The van der Waals surface area contributed by atoms with Crippen LogP contribution in [-0.4, -0.2) is 10.8 Å². The summed E-state index contributed by atoms with van der Waals surface area (Å²) in [6.07, 6.45) is 1.76. The molecule has 0 aliphatic heterocycles. The zero-order chi connectivity index (χ0) is 19.3. The predicted molar refractivity (Wildman–Crippen MR) is 116 cm³/mol. The van der Waals surface area contributed by atoms with Crippen LogP contribution < -0.4 is 9.54 Å². The molecule has 0 saturated carbocycles. The summed E-state index contributed by atoms with van der Waals surface area (Å²) in [5, 5.41) is 8.61. The lowest BCUT2D eigenvalue weighted by Gasteiger charge is -2.06. The van der Waals surface area contributed by atoms with Gasteiger partial charge in [-0.05, 0) is 54.4 Å². The van der Waals surface area contributed by atoms with Crippen LogP contribution in [-0.2, 0) is 13.7 Å². The molecule has 0 unspecified atom stereocenters. The molecule has 28 heavy (non-hydrogen) atoms. The van der Waals surface area contributed by atoms with Gasteiger partial charge >= 0.3 is 0 Å². The first-order chi connectivity index (χ1) is 13.7. The molecule has 4 aromatic rings. The van der Waals surface area contributed by atoms with E-state index in [9.17, 15) is 0 Å². The number of para-hydroxylation sites is 1. The second kappa shape index (κ2) is 8.23. The SMILES string of the molecule is Cc1ccc(COc2ccc(/C=N\N=c3\sc4ccccc4n3C)cc2)cc1. The van der Waals surface area contributed by atoms with Crippen LogP contribution in [0, 0.1) is 6.92 Å². The fourth-order valence-corrected chi connectivity index (χ4v) is 3.80. The average molecular weight is 388 g/mol. The van der Waals surface area contributed by atoms with Gasteiger partial charge in [-0.25, -0.2) is 0 Å². The number of nitrogens with zero attached hydrogens (tertiary/aromatic N) is 3. The minimum Gasteiger partial charge on any atom is -0.489 e. The second-order valence-electron chi connectivity index (χ2n) is 6.60. The van der Waals surface area contributed by atoms with Crippen molar-refractivity contribution in [1.82, 2.24) is 4.57 Å². The molecule has 0 aliphatic rings. The molecule has 0 radical (unpaired) electrons. The molecule has 5 heteroatoms. The first-order valence-electron chi connectivity index (χ1n) is 9.09. The van der Waals surface area contributed by atoms with E-state index in [1.165, 1.54) is 10.3 Å². The highest BCUT2D eigenvalue weighted by molar-refractivity contribution is 7.16. The first-order valence-corrected chi connectivity index (χ1v) is 9.91. The van der Waals surface area contributed by atoms with Gasteiger partial charge in [0, 0.05) is 7.05 Å². The van der Waals surface area contributed by atoms with E-state index in [0.717, 1.165) is 27.2 Å². The summed E-state index contributed by atoms with van der Waals surface area (Å²) in [7, 11) is 2.01. The Labute approximate surface area is 168 Å². The molecule has 0 bridgehead atoms. The lowest BCUT2D eigenvalue weighted by Crippen LogP contribution is -2.08. The molecule has 0 saturated heterocycles. The Morgan fingerprint density at radius 3 is 2.46 bits per heavy atom. The third-order valence-electron chi connectivity index (χ3n) is 4.47. The summed E-state index contributed by atoms with van der Waals surface area (Å²) in [5.74, 6) is 0.838. The Morgan fingerprint density at radius 2 is 1.71 bits per heavy atom. The molecule has 0 atom stereocenters. The van der Waals surface area contributed by atoms with Gasteiger partial charge in [0.05, 0.1) is 16.4 Å². The lowest BCUT2D eigenvalue weighted by atomic mass is 10.2. The van der Waals surface area contributed by atoms with Gasteiger partial charge in [0.15, 0.2) is 0 Å². The number of aryl methyl sites for hydroxylation is 2. The molecule has 0 fully saturated rings. The predicted octanol–water partition coefficient (Wildman–Crippen LogP) is 5.06. The van der Waals surface area contributed by atoms with Crippen molar-refractivity contribution >= 4 is 27.8 Å². The van der Waals surface area contributed by atoms with Crippen LogP contribution in [0.15, 0.2) is 83.0 Å². The van der Waals surface area contributed by atoms with Gasteiger partial charge in [0.2, 0.25) is 4.80 Å². The summed E-state index contributed by atoms with van der Waals surface area (Å²) in [6, 6.07) is 24.5. The van der Waals surface area contributed by atoms with E-state index >= 15 is 0 Å². The summed E-state index contributed by atoms with van der Waals surface area (Å²) < 4.78 is 9.10. The molecule has 0 amide bonds. The van der Waals surface area contributed by atoms with Gasteiger partial charge in [-0.1, -0.05) is 53.3 Å². The van der Waals surface area contributed by atoms with Crippen LogP contribution in [0.25, 0.3) is 10.2 Å². The zero-order valence-electron chi connectivity index (χ0n) is 15.9. The third-order valence-corrected chi connectivity index (χ3v) is 5.57. The molecule has 1 aromatic heterocycles. The van der Waals surface area contributed by atoms with E-state index in [4.69, 9.17) is 4.74 Å². The van der Waals surface area contributed by atoms with Gasteiger partial charge in [-0.15, -0.1) is 5.10 Å². The molecule has 0 aliphatic carbocycles. The molecule has 1 heterocycles. The lowest BCUT2D eigenvalue weighted by molar-refractivity contribution is 0.306. The number of hydrogen-bond donors (Lipinski definition) is 0. The standard InChI is InChI=1S/C23H21N3OS/c1-17-7-9-19(10-8-17)16-27-20-13-11-18(12-14-20)15-24-25-23-26(2)21-5-3-4-6-22(21)28-23/h3-15H,16H2,1-2H3/b24-15-,25-23+. The largest absolute Gasteiger partial charge is 0.489 e. The number of fused-ring (bicyclic) bond motifs is 1. The maximum absolute atomic E-state index is 5.84. The second-order valence-corrected chi connectivity index (χ2v) is 7.61. The molecular formula is C23H21N3OS. The van der Waals surface area contributed by atoms with Gasteiger partial charge < -0.3 is 9.30 Å². The zero-order valence-corrected chi connectivity index (χ0v) is 16.7. The van der Waals surface area contributed by atoms with Crippen molar-refractivity contribution in [2.24, 2.45) is 17.3 Å². The van der Waals surface area contributed by atoms with Crippen LogP contribution in [0.2, 0.25) is 0 Å². The molecule has 4 nitrogen and oxygen atoms in total. The van der Waals surface area contributed by atoms with Gasteiger partial charge in [-0.2, -0.15) is 5.10 Å². The Hall–Kier alpha value is -3.18. The van der Waals surface area contributed by atoms with E-state index in [2.05, 4.69) is 58.1 Å². The number of ether oxygens (including phenoxy) is 1. The number of thiazole rings is 1. The van der Waals surface area contributed by atoms with E-state index in [1.54, 1.807) is 17.6 Å². The van der Waals surface area contributed by atoms with Crippen LogP contribution >= 0.6 is 11.3 Å². The number of hydrogen-bond acceptors (Lipinski definition) is 4. The smallest absolute Gasteiger partial charge is 0.211 e. The van der Waals surface area contributed by atoms with Crippen LogP contribution in [0.5, 0.6) is 5.75 Å². The van der Waals surface area contributed by atoms with Crippen molar-refractivity contribution in [3.63, 3.8) is 0 Å². The maximum Gasteiger partial charge on any atom is 0.211 e. The van der Waals surface area contributed by atoms with Crippen LogP contribution in [0.1, 0.15) is 16.7 Å². The molecule has 0 spiro atoms. The third kappa shape index (κ3) is 4.21. The molecule has 140 valence electrons. The van der Waals surface area contributed by atoms with Crippen LogP contribution in [0.3, 0.4) is 0 Å². The quantitative estimate of drug-likeness (QED) is 0.348. The fraction of sp³-hybridized carbons (Fsp3) is 0.130. The number of aromatic nitrogens is 1. The minimum absolute atomic E-state index is 0.561. The molecular weight excluding hydrogens is 366 g/mol. The number of rotatable bonds is 5. The normalized spacial score (nSPS) is 12.1. The van der Waals surface area contributed by atoms with Crippen molar-refractivity contribution in [3.05, 3.63) is 94.3 Å². The Bertz CT molecular complexity index is 1170. The summed E-state index contributed by atoms with van der Waals surface area (Å²) in [6.45, 7) is 2.64. The molecule has 3 aromatic carbocycles. The number of benzene rings is 3. The van der Waals surface area contributed by atoms with E-state index < -0.39 is 0 Å². The summed E-state index contributed by atoms with van der Waals surface area (Å²) in [5.41, 5.74) is 4.56.